The molecule has 3 nitrogen and oxygen atoms in total. The lowest BCUT2D eigenvalue weighted by molar-refractivity contribution is -0.682. The molecule has 7 rings (SSSR count). The van der Waals surface area contributed by atoms with Crippen molar-refractivity contribution < 1.29 is 26.0 Å². The minimum atomic E-state index is 0. The molecule has 0 aliphatic carbocycles. The van der Waals surface area contributed by atoms with Crippen molar-refractivity contribution in [3.63, 3.8) is 0 Å². The summed E-state index contributed by atoms with van der Waals surface area (Å²) in [6.45, 7) is 2.08. The van der Waals surface area contributed by atoms with Crippen LogP contribution >= 0.6 is 11.8 Å². The fourth-order valence-electron chi connectivity index (χ4n) is 5.20. The van der Waals surface area contributed by atoms with Gasteiger partial charge in [0.2, 0.25) is 5.58 Å². The monoisotopic (exact) mass is 514 g/mol. The van der Waals surface area contributed by atoms with Crippen molar-refractivity contribution in [1.29, 1.82) is 0 Å². The van der Waals surface area contributed by atoms with Gasteiger partial charge in [-0.3, -0.25) is 0 Å². The topological polar surface area (TPSA) is 20.3 Å². The summed E-state index contributed by atoms with van der Waals surface area (Å²) >= 11 is 1.91. The van der Waals surface area contributed by atoms with E-state index in [0.29, 0.717) is 0 Å². The second-order valence-electron chi connectivity index (χ2n) is 8.68. The molecule has 0 bridgehead atoms. The van der Waals surface area contributed by atoms with E-state index in [1.54, 1.807) is 0 Å². The van der Waals surface area contributed by atoms with Crippen LogP contribution in [0.3, 0.4) is 0 Å². The molecule has 0 spiro atoms. The summed E-state index contributed by atoms with van der Waals surface area (Å²) < 4.78 is 8.81. The van der Waals surface area contributed by atoms with E-state index in [4.69, 9.17) is 4.42 Å². The summed E-state index contributed by atoms with van der Waals surface area (Å²) in [4.78, 5) is 3.85. The highest BCUT2D eigenvalue weighted by Crippen LogP contribution is 2.51. The molecular formula is C28H23BrN2OS. The number of para-hydroxylation sites is 1. The van der Waals surface area contributed by atoms with Crippen molar-refractivity contribution in [3.8, 4) is 11.1 Å². The average Bonchev–Trinajstić information content (AvgIpc) is 3.52. The van der Waals surface area contributed by atoms with Gasteiger partial charge in [0.15, 0.2) is 6.54 Å². The molecule has 0 N–H and O–H groups in total. The number of benzene rings is 3. The molecule has 0 saturated carbocycles. The molecular weight excluding hydrogens is 492 g/mol. The molecule has 1 aromatic heterocycles. The van der Waals surface area contributed by atoms with Gasteiger partial charge in [-0.2, -0.15) is 4.57 Å². The largest absolute Gasteiger partial charge is 1.00 e. The first-order valence-electron chi connectivity index (χ1n) is 11.4. The number of oxazole rings is 1. The van der Waals surface area contributed by atoms with Gasteiger partial charge in [0.05, 0.1) is 16.3 Å². The lowest BCUT2D eigenvalue weighted by atomic mass is 10.0. The lowest BCUT2D eigenvalue weighted by Crippen LogP contribution is -3.00. The maximum atomic E-state index is 6.43. The number of rotatable bonds is 2. The summed E-state index contributed by atoms with van der Waals surface area (Å²) in [5.74, 6) is 1.03. The first-order valence-corrected chi connectivity index (χ1v) is 12.2. The zero-order chi connectivity index (χ0) is 21.1. The molecule has 4 heterocycles. The van der Waals surface area contributed by atoms with Crippen LogP contribution in [0.2, 0.25) is 0 Å². The van der Waals surface area contributed by atoms with E-state index in [0.717, 1.165) is 43.8 Å². The second-order valence-corrected chi connectivity index (χ2v) is 9.71. The van der Waals surface area contributed by atoms with Gasteiger partial charge in [0, 0.05) is 23.9 Å². The van der Waals surface area contributed by atoms with Crippen LogP contribution in [0.4, 0.5) is 5.69 Å². The Hall–Kier alpha value is -2.76. The van der Waals surface area contributed by atoms with Crippen molar-refractivity contribution in [2.24, 2.45) is 0 Å². The molecule has 0 saturated heterocycles. The molecule has 3 aromatic carbocycles. The van der Waals surface area contributed by atoms with Crippen LogP contribution < -0.4 is 26.4 Å². The number of hydrogen-bond donors (Lipinski definition) is 0. The third-order valence-corrected chi connectivity index (χ3v) is 7.99. The molecule has 0 fully saturated rings. The lowest BCUT2D eigenvalue weighted by Gasteiger charge is -2.13. The van der Waals surface area contributed by atoms with Crippen LogP contribution in [-0.2, 0) is 6.54 Å². The predicted molar refractivity (Wildman–Crippen MR) is 130 cm³/mol. The number of aromatic nitrogens is 1. The number of allylic oxidation sites excluding steroid dienone is 2. The fourth-order valence-corrected chi connectivity index (χ4v) is 6.43. The van der Waals surface area contributed by atoms with E-state index in [1.807, 2.05) is 11.8 Å². The SMILES string of the molecule is C(=C1CCC[n+]2c1oc1ccc(-c3ccccc3)cc12)C1=C2Sc3ccccc3N2CC1.[Br-]. The molecule has 3 aliphatic heterocycles. The standard InChI is InChI=1S/C28H23N2OS.BrH/c1-2-7-19(8-3-1)20-12-13-25-24(18-20)29-15-6-9-21(27(29)31-25)17-22-14-16-30-23-10-4-5-11-26(23)32-28(22)30;/h1-5,7-8,10-13,17-18H,6,9,14-16H2;1H/q+1;/p-1. The molecule has 0 atom stereocenters. The summed E-state index contributed by atoms with van der Waals surface area (Å²) in [5.41, 5.74) is 8.78. The van der Waals surface area contributed by atoms with Crippen LogP contribution in [0.1, 0.15) is 25.2 Å². The molecule has 164 valence electrons. The van der Waals surface area contributed by atoms with E-state index in [-0.39, 0.29) is 17.0 Å². The molecule has 0 unspecified atom stereocenters. The molecule has 4 aromatic rings. The number of hydrogen-bond acceptors (Lipinski definition) is 3. The summed E-state index contributed by atoms with van der Waals surface area (Å²) in [6.07, 6.45) is 5.73. The number of nitrogens with zero attached hydrogens (tertiary/aromatic N) is 2. The highest BCUT2D eigenvalue weighted by atomic mass is 79.9. The van der Waals surface area contributed by atoms with Gasteiger partial charge in [-0.25, -0.2) is 0 Å². The zero-order valence-corrected chi connectivity index (χ0v) is 20.5. The van der Waals surface area contributed by atoms with Crippen molar-refractivity contribution >= 4 is 34.1 Å². The van der Waals surface area contributed by atoms with Gasteiger partial charge in [-0.1, -0.05) is 60.3 Å². The Kier molecular flexibility index (Phi) is 5.19. The summed E-state index contributed by atoms with van der Waals surface area (Å²) in [6, 6.07) is 25.9. The van der Waals surface area contributed by atoms with Gasteiger partial charge < -0.3 is 26.3 Å². The van der Waals surface area contributed by atoms with E-state index in [2.05, 4.69) is 88.3 Å². The van der Waals surface area contributed by atoms with Crippen molar-refractivity contribution in [3.05, 3.63) is 95.4 Å². The maximum Gasteiger partial charge on any atom is 0.377 e. The number of thioether (sulfide) groups is 1. The molecule has 33 heavy (non-hydrogen) atoms. The minimum absolute atomic E-state index is 0. The van der Waals surface area contributed by atoms with Gasteiger partial charge in [-0.15, -0.1) is 0 Å². The Morgan fingerprint density at radius 3 is 2.67 bits per heavy atom. The summed E-state index contributed by atoms with van der Waals surface area (Å²) in [5, 5.41) is 1.40. The molecule has 3 aliphatic rings. The van der Waals surface area contributed by atoms with E-state index < -0.39 is 0 Å². The Morgan fingerprint density at radius 2 is 1.76 bits per heavy atom. The third-order valence-electron chi connectivity index (χ3n) is 6.75. The smallest absolute Gasteiger partial charge is 0.377 e. The van der Waals surface area contributed by atoms with Gasteiger partial charge in [0.25, 0.3) is 5.52 Å². The van der Waals surface area contributed by atoms with Crippen LogP contribution in [-0.4, -0.2) is 6.54 Å². The molecule has 0 amide bonds. The van der Waals surface area contributed by atoms with Crippen LogP contribution in [0, 0.1) is 0 Å². The Bertz CT molecular complexity index is 1440. The van der Waals surface area contributed by atoms with Crippen LogP contribution in [0.25, 0.3) is 27.8 Å². The van der Waals surface area contributed by atoms with E-state index >= 15 is 0 Å². The van der Waals surface area contributed by atoms with Gasteiger partial charge >= 0.3 is 5.89 Å². The normalized spacial score (nSPS) is 17.8. The van der Waals surface area contributed by atoms with Crippen LogP contribution in [0.5, 0.6) is 0 Å². The highest BCUT2D eigenvalue weighted by molar-refractivity contribution is 8.03. The van der Waals surface area contributed by atoms with Gasteiger partial charge in [0.1, 0.15) is 0 Å². The van der Waals surface area contributed by atoms with Crippen molar-refractivity contribution in [1.82, 2.24) is 0 Å². The van der Waals surface area contributed by atoms with Crippen molar-refractivity contribution in [2.75, 3.05) is 11.4 Å². The Labute approximate surface area is 208 Å². The van der Waals surface area contributed by atoms with Gasteiger partial charge in [-0.05, 0) is 53.8 Å². The maximum absolute atomic E-state index is 6.43. The summed E-state index contributed by atoms with van der Waals surface area (Å²) in [7, 11) is 0. The fraction of sp³-hybridized carbons (Fsp3) is 0.179. The van der Waals surface area contributed by atoms with Crippen LogP contribution in [0.15, 0.2) is 98.8 Å². The molecule has 0 radical (unpaired) electrons. The predicted octanol–water partition coefficient (Wildman–Crippen LogP) is 3.80. The first kappa shape index (κ1) is 20.8. The van der Waals surface area contributed by atoms with Crippen molar-refractivity contribution in [2.45, 2.75) is 30.7 Å². The second kappa shape index (κ2) is 8.23. The highest BCUT2D eigenvalue weighted by Gasteiger charge is 2.34. The Balaban J connectivity index is 0.00000206. The number of anilines is 1. The average molecular weight is 515 g/mol. The molecule has 5 heteroatoms. The first-order chi connectivity index (χ1) is 15.8. The minimum Gasteiger partial charge on any atom is -1.00 e. The number of halogens is 1. The van der Waals surface area contributed by atoms with E-state index in [1.165, 1.54) is 43.4 Å². The third kappa shape index (κ3) is 3.37. The zero-order valence-electron chi connectivity index (χ0n) is 18.1. The quantitative estimate of drug-likeness (QED) is 0.379. The Morgan fingerprint density at radius 1 is 0.909 bits per heavy atom. The number of aryl methyl sites for hydroxylation is 1. The number of fused-ring (bicyclic) bond motifs is 6. The van der Waals surface area contributed by atoms with E-state index in [9.17, 15) is 0 Å².